The molecule has 0 unspecified atom stereocenters. The molecular formula is C19H15FN6. The first-order valence-electron chi connectivity index (χ1n) is 8.10. The molecule has 26 heavy (non-hydrogen) atoms. The van der Waals surface area contributed by atoms with Crippen molar-refractivity contribution in [3.8, 4) is 17.2 Å². The zero-order chi connectivity index (χ0) is 17.9. The molecule has 0 saturated carbocycles. The molecule has 0 aliphatic rings. The lowest BCUT2D eigenvalue weighted by atomic mass is 10.1. The number of pyridine rings is 2. The molecule has 0 amide bonds. The summed E-state index contributed by atoms with van der Waals surface area (Å²) in [5.74, 6) is 0.0356. The summed E-state index contributed by atoms with van der Waals surface area (Å²) in [4.78, 5) is 9.78. The quantitative estimate of drug-likeness (QED) is 0.568. The second-order valence-corrected chi connectivity index (χ2v) is 5.92. The minimum Gasteiger partial charge on any atom is -0.261 e. The van der Waals surface area contributed by atoms with Crippen LogP contribution in [-0.4, -0.2) is 30.2 Å². The number of rotatable bonds is 4. The van der Waals surface area contributed by atoms with Crippen molar-refractivity contribution in [2.75, 3.05) is 0 Å². The van der Waals surface area contributed by atoms with Crippen molar-refractivity contribution in [1.82, 2.24) is 30.2 Å². The Bertz CT molecular complexity index is 1030. The minimum absolute atomic E-state index is 0.353. The van der Waals surface area contributed by atoms with Crippen molar-refractivity contribution in [1.29, 1.82) is 0 Å². The van der Waals surface area contributed by atoms with Gasteiger partial charge in [0.15, 0.2) is 0 Å². The number of tetrazole rings is 1. The number of benzene rings is 1. The first-order valence-corrected chi connectivity index (χ1v) is 8.10. The fourth-order valence-electron chi connectivity index (χ4n) is 2.61. The SMILES string of the molecule is Cc1ccc(Cc2cc(F)cc(-n3nnc(-c4ccccn4)n3)c2)cn1. The number of halogens is 1. The number of nitrogens with zero attached hydrogens (tertiary/aromatic N) is 6. The van der Waals surface area contributed by atoms with Gasteiger partial charge in [0.1, 0.15) is 11.5 Å². The first-order chi connectivity index (χ1) is 12.7. The summed E-state index contributed by atoms with van der Waals surface area (Å²) in [6.07, 6.45) is 4.03. The molecule has 1 aromatic carbocycles. The fourth-order valence-corrected chi connectivity index (χ4v) is 2.61. The highest BCUT2D eigenvalue weighted by atomic mass is 19.1. The third kappa shape index (κ3) is 3.46. The summed E-state index contributed by atoms with van der Waals surface area (Å²) in [6.45, 7) is 1.93. The van der Waals surface area contributed by atoms with Crippen LogP contribution in [0.5, 0.6) is 0 Å². The van der Waals surface area contributed by atoms with Gasteiger partial charge in [-0.15, -0.1) is 15.0 Å². The lowest BCUT2D eigenvalue weighted by molar-refractivity contribution is 0.619. The van der Waals surface area contributed by atoms with Crippen molar-refractivity contribution in [2.45, 2.75) is 13.3 Å². The van der Waals surface area contributed by atoms with Crippen LogP contribution >= 0.6 is 0 Å². The van der Waals surface area contributed by atoms with Crippen LogP contribution in [-0.2, 0) is 6.42 Å². The Morgan fingerprint density at radius 2 is 1.92 bits per heavy atom. The summed E-state index contributed by atoms with van der Waals surface area (Å²) in [7, 11) is 0. The molecule has 7 heteroatoms. The van der Waals surface area contributed by atoms with Crippen LogP contribution in [0, 0.1) is 12.7 Å². The standard InChI is InChI=1S/C19H15FN6/c1-13-5-6-14(12-22-13)8-15-9-16(20)11-17(10-15)26-24-19(23-25-26)18-4-2-3-7-21-18/h2-7,9-12H,8H2,1H3. The van der Waals surface area contributed by atoms with Gasteiger partial charge in [0.05, 0.1) is 5.69 Å². The molecule has 0 aliphatic heterocycles. The highest BCUT2D eigenvalue weighted by Crippen LogP contribution is 2.17. The number of hydrogen-bond acceptors (Lipinski definition) is 5. The van der Waals surface area contributed by atoms with Gasteiger partial charge in [-0.2, -0.15) is 0 Å². The predicted molar refractivity (Wildman–Crippen MR) is 94.1 cm³/mol. The third-order valence-electron chi connectivity index (χ3n) is 3.86. The van der Waals surface area contributed by atoms with E-state index in [2.05, 4.69) is 25.4 Å². The molecule has 0 fully saturated rings. The van der Waals surface area contributed by atoms with Gasteiger partial charge < -0.3 is 0 Å². The maximum absolute atomic E-state index is 14.1. The lowest BCUT2D eigenvalue weighted by Gasteiger charge is -2.05. The largest absolute Gasteiger partial charge is 0.261 e. The van der Waals surface area contributed by atoms with Crippen LogP contribution in [0.1, 0.15) is 16.8 Å². The number of aryl methyl sites for hydroxylation is 1. The van der Waals surface area contributed by atoms with Crippen LogP contribution < -0.4 is 0 Å². The highest BCUT2D eigenvalue weighted by molar-refractivity contribution is 5.47. The van der Waals surface area contributed by atoms with E-state index >= 15 is 0 Å². The van der Waals surface area contributed by atoms with Gasteiger partial charge in [0, 0.05) is 24.2 Å². The zero-order valence-corrected chi connectivity index (χ0v) is 14.0. The molecule has 0 N–H and O–H groups in total. The van der Waals surface area contributed by atoms with E-state index in [9.17, 15) is 4.39 Å². The Kier molecular flexibility index (Phi) is 4.18. The van der Waals surface area contributed by atoms with Crippen molar-refractivity contribution in [3.63, 3.8) is 0 Å². The summed E-state index contributed by atoms with van der Waals surface area (Å²) in [6, 6.07) is 14.1. The van der Waals surface area contributed by atoms with E-state index in [4.69, 9.17) is 0 Å². The molecule has 0 spiro atoms. The fraction of sp³-hybridized carbons (Fsp3) is 0.105. The molecule has 6 nitrogen and oxygen atoms in total. The van der Waals surface area contributed by atoms with Gasteiger partial charge in [-0.1, -0.05) is 12.1 Å². The average molecular weight is 346 g/mol. The van der Waals surface area contributed by atoms with Crippen LogP contribution in [0.4, 0.5) is 4.39 Å². The van der Waals surface area contributed by atoms with Crippen molar-refractivity contribution in [2.24, 2.45) is 0 Å². The molecule has 0 atom stereocenters. The topological polar surface area (TPSA) is 69.4 Å². The van der Waals surface area contributed by atoms with Crippen molar-refractivity contribution < 1.29 is 4.39 Å². The van der Waals surface area contributed by atoms with E-state index in [0.717, 1.165) is 16.8 Å². The van der Waals surface area contributed by atoms with E-state index in [1.165, 1.54) is 16.9 Å². The monoisotopic (exact) mass is 346 g/mol. The van der Waals surface area contributed by atoms with Gasteiger partial charge >= 0.3 is 0 Å². The van der Waals surface area contributed by atoms with Crippen LogP contribution in [0.2, 0.25) is 0 Å². The van der Waals surface area contributed by atoms with Crippen molar-refractivity contribution in [3.05, 3.63) is 83.6 Å². The normalized spacial score (nSPS) is 10.8. The minimum atomic E-state index is -0.353. The smallest absolute Gasteiger partial charge is 0.223 e. The van der Waals surface area contributed by atoms with Gasteiger partial charge in [0.25, 0.3) is 0 Å². The molecule has 128 valence electrons. The molecule has 3 aromatic heterocycles. The van der Waals surface area contributed by atoms with E-state index in [0.29, 0.717) is 23.6 Å². The summed E-state index contributed by atoms with van der Waals surface area (Å²) >= 11 is 0. The predicted octanol–water partition coefficient (Wildman–Crippen LogP) is 3.16. The second kappa shape index (κ2) is 6.79. The highest BCUT2D eigenvalue weighted by Gasteiger charge is 2.10. The molecule has 3 heterocycles. The van der Waals surface area contributed by atoms with E-state index in [1.54, 1.807) is 18.5 Å². The van der Waals surface area contributed by atoms with Crippen molar-refractivity contribution >= 4 is 0 Å². The van der Waals surface area contributed by atoms with Gasteiger partial charge in [-0.25, -0.2) is 4.39 Å². The molecule has 0 aliphatic carbocycles. The lowest BCUT2D eigenvalue weighted by Crippen LogP contribution is -2.02. The van der Waals surface area contributed by atoms with Crippen LogP contribution in [0.15, 0.2) is 60.9 Å². The molecule has 0 saturated heterocycles. The van der Waals surface area contributed by atoms with Gasteiger partial charge in [-0.3, -0.25) is 9.97 Å². The molecular weight excluding hydrogens is 331 g/mol. The summed E-state index contributed by atoms with van der Waals surface area (Å²) in [5.41, 5.74) is 3.88. The van der Waals surface area contributed by atoms with E-state index in [1.807, 2.05) is 37.3 Å². The third-order valence-corrected chi connectivity index (χ3v) is 3.86. The molecule has 4 rings (SSSR count). The Morgan fingerprint density at radius 3 is 2.69 bits per heavy atom. The molecule has 4 aromatic rings. The first kappa shape index (κ1) is 16.0. The maximum Gasteiger partial charge on any atom is 0.223 e. The van der Waals surface area contributed by atoms with E-state index in [-0.39, 0.29) is 5.82 Å². The average Bonchev–Trinajstić information content (AvgIpc) is 3.14. The Morgan fingerprint density at radius 1 is 1.00 bits per heavy atom. The Balaban J connectivity index is 1.64. The zero-order valence-electron chi connectivity index (χ0n) is 14.0. The maximum atomic E-state index is 14.1. The Labute approximate surface area is 149 Å². The Hall–Kier alpha value is -3.48. The van der Waals surface area contributed by atoms with Gasteiger partial charge in [-0.05, 0) is 60.0 Å². The van der Waals surface area contributed by atoms with Crippen LogP contribution in [0.25, 0.3) is 17.2 Å². The molecule has 0 radical (unpaired) electrons. The van der Waals surface area contributed by atoms with Gasteiger partial charge in [0.2, 0.25) is 5.82 Å². The summed E-state index contributed by atoms with van der Waals surface area (Å²) in [5, 5.41) is 12.3. The number of aromatic nitrogens is 6. The second-order valence-electron chi connectivity index (χ2n) is 5.92. The van der Waals surface area contributed by atoms with E-state index < -0.39 is 0 Å². The number of hydrogen-bond donors (Lipinski definition) is 0. The van der Waals surface area contributed by atoms with Crippen LogP contribution in [0.3, 0.4) is 0 Å². The molecule has 0 bridgehead atoms. The summed E-state index contributed by atoms with van der Waals surface area (Å²) < 4.78 is 14.1.